The van der Waals surface area contributed by atoms with Gasteiger partial charge in [-0.15, -0.1) is 0 Å². The third kappa shape index (κ3) is 2.00. The van der Waals surface area contributed by atoms with Crippen LogP contribution >= 0.6 is 0 Å². The van der Waals surface area contributed by atoms with Gasteiger partial charge < -0.3 is 10.5 Å². The van der Waals surface area contributed by atoms with Gasteiger partial charge in [0.2, 0.25) is 0 Å². The number of hydrogen-bond donors (Lipinski definition) is 1. The summed E-state index contributed by atoms with van der Waals surface area (Å²) in [5, 5.41) is 8.97. The lowest BCUT2D eigenvalue weighted by Gasteiger charge is -2.35. The van der Waals surface area contributed by atoms with Gasteiger partial charge in [-0.1, -0.05) is 0 Å². The van der Waals surface area contributed by atoms with Crippen molar-refractivity contribution in [2.75, 3.05) is 12.8 Å². The zero-order valence-corrected chi connectivity index (χ0v) is 9.31. The minimum absolute atomic E-state index is 0.334. The number of anilines is 1. The molecule has 0 aliphatic heterocycles. The van der Waals surface area contributed by atoms with Gasteiger partial charge in [-0.3, -0.25) is 0 Å². The Bertz CT molecular complexity index is 423. The number of methoxy groups -OCH3 is 1. The predicted molar refractivity (Wildman–Crippen MR) is 60.6 cm³/mol. The molecule has 2 rings (SSSR count). The van der Waals surface area contributed by atoms with Gasteiger partial charge in [0.15, 0.2) is 0 Å². The number of nitrogens with two attached hydrogens (primary N) is 1. The maximum absolute atomic E-state index is 8.97. The number of nitrogen functional groups attached to an aromatic ring is 1. The first-order chi connectivity index (χ1) is 7.74. The van der Waals surface area contributed by atoms with Gasteiger partial charge in [0.05, 0.1) is 11.7 Å². The fourth-order valence-electron chi connectivity index (χ4n) is 2.15. The lowest BCUT2D eigenvalue weighted by Crippen LogP contribution is -2.34. The van der Waals surface area contributed by atoms with Crippen molar-refractivity contribution in [3.63, 3.8) is 0 Å². The fraction of sp³-hybridized carbons (Fsp3) is 0.500. The molecule has 0 bridgehead atoms. The minimum Gasteiger partial charge on any atom is -0.384 e. The Morgan fingerprint density at radius 1 is 1.62 bits per heavy atom. The number of rotatable bonds is 3. The predicted octanol–water partition coefficient (Wildman–Crippen LogP) is 1.50. The molecule has 1 aliphatic rings. The molecule has 2 N–H and O–H groups in total. The SMILES string of the molecule is CO[C@H]1CC[C@H]1Cc1cc(N)ncc1C#N. The topological polar surface area (TPSA) is 71.9 Å². The second kappa shape index (κ2) is 4.50. The number of hydrogen-bond acceptors (Lipinski definition) is 4. The van der Waals surface area contributed by atoms with Crippen LogP contribution in [0.15, 0.2) is 12.3 Å². The molecule has 0 unspecified atom stereocenters. The maximum atomic E-state index is 8.97. The van der Waals surface area contributed by atoms with E-state index in [0.29, 0.717) is 23.4 Å². The normalized spacial score (nSPS) is 23.5. The molecule has 84 valence electrons. The van der Waals surface area contributed by atoms with Gasteiger partial charge in [0, 0.05) is 13.3 Å². The summed E-state index contributed by atoms with van der Waals surface area (Å²) in [5.41, 5.74) is 7.24. The van der Waals surface area contributed by atoms with E-state index in [1.54, 1.807) is 19.4 Å². The largest absolute Gasteiger partial charge is 0.384 e. The smallest absolute Gasteiger partial charge is 0.123 e. The molecule has 0 aromatic carbocycles. The molecule has 16 heavy (non-hydrogen) atoms. The first-order valence-electron chi connectivity index (χ1n) is 5.42. The van der Waals surface area contributed by atoms with Crippen LogP contribution in [0.5, 0.6) is 0 Å². The van der Waals surface area contributed by atoms with Crippen LogP contribution in [0.4, 0.5) is 5.82 Å². The molecule has 1 aromatic rings. The van der Waals surface area contributed by atoms with Gasteiger partial charge in [-0.25, -0.2) is 4.98 Å². The molecule has 4 heteroatoms. The Kier molecular flexibility index (Phi) is 3.07. The average Bonchev–Trinajstić information content (AvgIpc) is 2.25. The lowest BCUT2D eigenvalue weighted by atomic mass is 9.77. The number of ether oxygens (including phenoxy) is 1. The van der Waals surface area contributed by atoms with Gasteiger partial charge in [-0.05, 0) is 36.8 Å². The van der Waals surface area contributed by atoms with Crippen LogP contribution in [0.1, 0.15) is 24.0 Å². The Hall–Kier alpha value is -1.60. The van der Waals surface area contributed by atoms with Crippen LogP contribution in [-0.2, 0) is 11.2 Å². The number of nitriles is 1. The number of pyridine rings is 1. The molecule has 1 aromatic heterocycles. The first kappa shape index (κ1) is 10.9. The number of aromatic nitrogens is 1. The quantitative estimate of drug-likeness (QED) is 0.832. The van der Waals surface area contributed by atoms with E-state index in [9.17, 15) is 0 Å². The third-order valence-corrected chi connectivity index (χ3v) is 3.26. The van der Waals surface area contributed by atoms with Crippen LogP contribution in [0, 0.1) is 17.2 Å². The van der Waals surface area contributed by atoms with E-state index in [1.165, 1.54) is 0 Å². The maximum Gasteiger partial charge on any atom is 0.123 e. The van der Waals surface area contributed by atoms with Crippen LogP contribution in [0.25, 0.3) is 0 Å². The zero-order valence-electron chi connectivity index (χ0n) is 9.31. The van der Waals surface area contributed by atoms with Crippen LogP contribution in [-0.4, -0.2) is 18.2 Å². The molecule has 1 heterocycles. The highest BCUT2D eigenvalue weighted by atomic mass is 16.5. The zero-order chi connectivity index (χ0) is 11.5. The second-order valence-electron chi connectivity index (χ2n) is 4.19. The highest BCUT2D eigenvalue weighted by molar-refractivity contribution is 5.43. The Morgan fingerprint density at radius 3 is 3.00 bits per heavy atom. The minimum atomic E-state index is 0.334. The van der Waals surface area contributed by atoms with Crippen LogP contribution in [0.2, 0.25) is 0 Å². The number of nitrogens with zero attached hydrogens (tertiary/aromatic N) is 2. The molecular formula is C12H15N3O. The van der Waals surface area contributed by atoms with E-state index in [2.05, 4.69) is 11.1 Å². The highest BCUT2D eigenvalue weighted by Gasteiger charge is 2.31. The van der Waals surface area contributed by atoms with Gasteiger partial charge in [0.1, 0.15) is 11.9 Å². The first-order valence-corrected chi connectivity index (χ1v) is 5.42. The van der Waals surface area contributed by atoms with Crippen molar-refractivity contribution in [3.8, 4) is 6.07 Å². The molecule has 0 saturated heterocycles. The summed E-state index contributed by atoms with van der Waals surface area (Å²) in [7, 11) is 1.74. The highest BCUT2D eigenvalue weighted by Crippen LogP contribution is 2.33. The molecule has 0 radical (unpaired) electrons. The average molecular weight is 217 g/mol. The molecular weight excluding hydrogens is 202 g/mol. The summed E-state index contributed by atoms with van der Waals surface area (Å²) in [5.74, 6) is 0.987. The van der Waals surface area contributed by atoms with Crippen molar-refractivity contribution in [2.45, 2.75) is 25.4 Å². The van der Waals surface area contributed by atoms with E-state index in [0.717, 1.165) is 24.8 Å². The van der Waals surface area contributed by atoms with Crippen molar-refractivity contribution in [1.82, 2.24) is 4.98 Å². The third-order valence-electron chi connectivity index (χ3n) is 3.26. The lowest BCUT2D eigenvalue weighted by molar-refractivity contribution is -0.0157. The van der Waals surface area contributed by atoms with E-state index in [-0.39, 0.29) is 0 Å². The van der Waals surface area contributed by atoms with Crippen molar-refractivity contribution in [3.05, 3.63) is 23.4 Å². The van der Waals surface area contributed by atoms with Gasteiger partial charge in [-0.2, -0.15) is 5.26 Å². The molecule has 0 spiro atoms. The summed E-state index contributed by atoms with van der Waals surface area (Å²) < 4.78 is 5.34. The summed E-state index contributed by atoms with van der Waals surface area (Å²) in [6.07, 6.45) is 5.01. The molecule has 0 amide bonds. The van der Waals surface area contributed by atoms with E-state index < -0.39 is 0 Å². The van der Waals surface area contributed by atoms with Crippen molar-refractivity contribution >= 4 is 5.82 Å². The summed E-state index contributed by atoms with van der Waals surface area (Å²) >= 11 is 0. The molecule has 1 saturated carbocycles. The van der Waals surface area contributed by atoms with Crippen LogP contribution in [0.3, 0.4) is 0 Å². The van der Waals surface area contributed by atoms with Crippen LogP contribution < -0.4 is 5.73 Å². The molecule has 4 nitrogen and oxygen atoms in total. The molecule has 2 atom stereocenters. The van der Waals surface area contributed by atoms with Crippen molar-refractivity contribution < 1.29 is 4.74 Å². The summed E-state index contributed by atoms with van der Waals surface area (Å²) in [6.45, 7) is 0. The van der Waals surface area contributed by atoms with E-state index in [4.69, 9.17) is 15.7 Å². The standard InChI is InChI=1S/C12H15N3O/c1-16-11-3-2-8(11)4-9-5-12(14)15-7-10(9)6-13/h5,7-8,11H,2-4H2,1H3,(H2,14,15)/t8-,11-/m0/s1. The summed E-state index contributed by atoms with van der Waals surface area (Å²) in [4.78, 5) is 3.92. The van der Waals surface area contributed by atoms with Gasteiger partial charge in [0.25, 0.3) is 0 Å². The van der Waals surface area contributed by atoms with Gasteiger partial charge >= 0.3 is 0 Å². The fourth-order valence-corrected chi connectivity index (χ4v) is 2.15. The molecule has 1 aliphatic carbocycles. The van der Waals surface area contributed by atoms with E-state index in [1.807, 2.05) is 0 Å². The van der Waals surface area contributed by atoms with Crippen molar-refractivity contribution in [2.24, 2.45) is 5.92 Å². The Morgan fingerprint density at radius 2 is 2.44 bits per heavy atom. The Balaban J connectivity index is 2.14. The second-order valence-corrected chi connectivity index (χ2v) is 4.19. The Labute approximate surface area is 95.0 Å². The van der Waals surface area contributed by atoms with Crippen molar-refractivity contribution in [1.29, 1.82) is 5.26 Å². The molecule has 1 fully saturated rings. The monoisotopic (exact) mass is 217 g/mol. The van der Waals surface area contributed by atoms with E-state index >= 15 is 0 Å². The summed E-state index contributed by atoms with van der Waals surface area (Å²) in [6, 6.07) is 3.95.